The Morgan fingerprint density at radius 3 is 2.48 bits per heavy atom. The zero-order chi connectivity index (χ0) is 19.2. The van der Waals surface area contributed by atoms with Gasteiger partial charge in [-0.25, -0.2) is 4.39 Å². The molecule has 5 nitrogen and oxygen atoms in total. The maximum atomic E-state index is 13.1. The van der Waals surface area contributed by atoms with E-state index in [4.69, 9.17) is 5.73 Å². The molecule has 0 spiro atoms. The molecule has 27 heavy (non-hydrogen) atoms. The first-order valence-corrected chi connectivity index (χ1v) is 10.1. The summed E-state index contributed by atoms with van der Waals surface area (Å²) in [5, 5.41) is 3.16. The second kappa shape index (κ2) is 9.31. The second-order valence-electron chi connectivity index (χ2n) is 7.85. The number of likely N-dealkylation sites (tertiary alicyclic amines) is 1. The number of rotatable bonds is 5. The van der Waals surface area contributed by atoms with Gasteiger partial charge in [-0.15, -0.1) is 0 Å². The average molecular weight is 375 g/mol. The smallest absolute Gasteiger partial charge is 0.253 e. The van der Waals surface area contributed by atoms with Crippen molar-refractivity contribution in [1.82, 2.24) is 10.2 Å². The molecule has 1 heterocycles. The summed E-state index contributed by atoms with van der Waals surface area (Å²) in [4.78, 5) is 27.2. The van der Waals surface area contributed by atoms with E-state index in [1.165, 1.54) is 43.5 Å². The molecule has 1 aliphatic heterocycles. The molecule has 1 aromatic rings. The van der Waals surface area contributed by atoms with Gasteiger partial charge in [0.15, 0.2) is 0 Å². The molecule has 2 aliphatic rings. The number of hydrogen-bond acceptors (Lipinski definition) is 3. The lowest BCUT2D eigenvalue weighted by atomic mass is 9.83. The molecule has 2 amide bonds. The molecule has 2 fully saturated rings. The van der Waals surface area contributed by atoms with Gasteiger partial charge in [-0.3, -0.25) is 9.59 Å². The number of piperidine rings is 1. The van der Waals surface area contributed by atoms with E-state index in [0.29, 0.717) is 31.1 Å². The summed E-state index contributed by atoms with van der Waals surface area (Å²) in [6, 6.07) is 5.60. The van der Waals surface area contributed by atoms with Crippen molar-refractivity contribution < 1.29 is 14.0 Å². The van der Waals surface area contributed by atoms with Gasteiger partial charge in [-0.2, -0.15) is 0 Å². The van der Waals surface area contributed by atoms with Crippen LogP contribution in [0.5, 0.6) is 0 Å². The number of nitrogens with two attached hydrogens (primary N) is 1. The maximum Gasteiger partial charge on any atom is 0.253 e. The van der Waals surface area contributed by atoms with Crippen LogP contribution in [0.1, 0.15) is 55.3 Å². The van der Waals surface area contributed by atoms with Crippen molar-refractivity contribution in [3.05, 3.63) is 35.6 Å². The molecular formula is C21H30FN3O2. The Bertz CT molecular complexity index is 643. The molecule has 0 aromatic heterocycles. The lowest BCUT2D eigenvalue weighted by Crippen LogP contribution is -2.51. The van der Waals surface area contributed by atoms with Crippen molar-refractivity contribution in [2.45, 2.75) is 51.0 Å². The third-order valence-corrected chi connectivity index (χ3v) is 5.97. The van der Waals surface area contributed by atoms with Crippen LogP contribution in [0.2, 0.25) is 0 Å². The molecule has 0 radical (unpaired) electrons. The van der Waals surface area contributed by atoms with Crippen LogP contribution in [-0.4, -0.2) is 42.4 Å². The van der Waals surface area contributed by atoms with E-state index in [-0.39, 0.29) is 29.6 Å². The summed E-state index contributed by atoms with van der Waals surface area (Å²) in [5.74, 6) is -0.241. The van der Waals surface area contributed by atoms with E-state index in [9.17, 15) is 14.0 Å². The fourth-order valence-electron chi connectivity index (χ4n) is 4.36. The minimum atomic E-state index is -0.363. The summed E-state index contributed by atoms with van der Waals surface area (Å²) >= 11 is 0. The zero-order valence-electron chi connectivity index (χ0n) is 15.8. The average Bonchev–Trinajstić information content (AvgIpc) is 2.72. The van der Waals surface area contributed by atoms with Crippen LogP contribution in [0.3, 0.4) is 0 Å². The number of nitrogens with one attached hydrogen (secondary N) is 1. The summed E-state index contributed by atoms with van der Waals surface area (Å²) in [6.45, 7) is 1.49. The number of hydrogen-bond donors (Lipinski definition) is 2. The Labute approximate surface area is 160 Å². The van der Waals surface area contributed by atoms with Gasteiger partial charge >= 0.3 is 0 Å². The van der Waals surface area contributed by atoms with Crippen LogP contribution < -0.4 is 11.1 Å². The first-order valence-electron chi connectivity index (χ1n) is 10.1. The number of benzene rings is 1. The Hall–Kier alpha value is -1.95. The third kappa shape index (κ3) is 5.06. The van der Waals surface area contributed by atoms with Gasteiger partial charge in [0, 0.05) is 31.2 Å². The van der Waals surface area contributed by atoms with Crippen LogP contribution in [0.4, 0.5) is 4.39 Å². The van der Waals surface area contributed by atoms with Gasteiger partial charge < -0.3 is 16.0 Å². The van der Waals surface area contributed by atoms with E-state index in [1.54, 1.807) is 4.90 Å². The van der Waals surface area contributed by atoms with E-state index in [1.807, 2.05) is 0 Å². The highest BCUT2D eigenvalue weighted by Gasteiger charge is 2.31. The van der Waals surface area contributed by atoms with Crippen LogP contribution in [-0.2, 0) is 4.79 Å². The molecule has 6 heteroatoms. The molecule has 2 unspecified atom stereocenters. The number of carbonyl (C=O) groups excluding carboxylic acids is 2. The lowest BCUT2D eigenvalue weighted by Gasteiger charge is -2.35. The predicted molar refractivity (Wildman–Crippen MR) is 103 cm³/mol. The largest absolute Gasteiger partial charge is 0.352 e. The quantitative estimate of drug-likeness (QED) is 0.831. The Kier molecular flexibility index (Phi) is 6.83. The standard InChI is InChI=1S/C21H30FN3O2/c22-18-10-8-16(9-11-18)21(27)25-12-4-7-17(14-25)20(26)24-19(13-23)15-5-2-1-3-6-15/h8-11,15,17,19H,1-7,12-14,23H2,(H,24,26). The van der Waals surface area contributed by atoms with Crippen LogP contribution in [0.15, 0.2) is 24.3 Å². The molecular weight excluding hydrogens is 345 g/mol. The lowest BCUT2D eigenvalue weighted by molar-refractivity contribution is -0.127. The van der Waals surface area contributed by atoms with Crippen molar-refractivity contribution >= 4 is 11.8 Å². The van der Waals surface area contributed by atoms with Crippen molar-refractivity contribution in [2.24, 2.45) is 17.6 Å². The van der Waals surface area contributed by atoms with Crippen LogP contribution in [0.25, 0.3) is 0 Å². The predicted octanol–water partition coefficient (Wildman–Crippen LogP) is 2.70. The van der Waals surface area contributed by atoms with Gasteiger partial charge in [0.25, 0.3) is 5.91 Å². The molecule has 1 aromatic carbocycles. The highest BCUT2D eigenvalue weighted by Crippen LogP contribution is 2.27. The number of carbonyl (C=O) groups is 2. The highest BCUT2D eigenvalue weighted by molar-refractivity contribution is 5.94. The van der Waals surface area contributed by atoms with Crippen LogP contribution in [0, 0.1) is 17.7 Å². The third-order valence-electron chi connectivity index (χ3n) is 5.97. The summed E-state index contributed by atoms with van der Waals surface area (Å²) < 4.78 is 13.1. The fourth-order valence-corrected chi connectivity index (χ4v) is 4.36. The van der Waals surface area contributed by atoms with Crippen LogP contribution >= 0.6 is 0 Å². The molecule has 0 bridgehead atoms. The first-order chi connectivity index (χ1) is 13.1. The summed E-state index contributed by atoms with van der Waals surface area (Å²) in [6.07, 6.45) is 7.51. The van der Waals surface area contributed by atoms with Gasteiger partial charge in [0.05, 0.1) is 5.92 Å². The molecule has 1 saturated carbocycles. The molecule has 1 saturated heterocycles. The molecule has 2 atom stereocenters. The maximum absolute atomic E-state index is 13.1. The van der Waals surface area contributed by atoms with E-state index in [0.717, 1.165) is 25.7 Å². The van der Waals surface area contributed by atoms with Crippen molar-refractivity contribution in [3.8, 4) is 0 Å². The van der Waals surface area contributed by atoms with Crippen molar-refractivity contribution in [1.29, 1.82) is 0 Å². The van der Waals surface area contributed by atoms with Gasteiger partial charge in [-0.05, 0) is 55.9 Å². The Morgan fingerprint density at radius 2 is 1.81 bits per heavy atom. The topological polar surface area (TPSA) is 75.4 Å². The van der Waals surface area contributed by atoms with Gasteiger partial charge in [0.1, 0.15) is 5.82 Å². The summed E-state index contributed by atoms with van der Waals surface area (Å²) in [5.41, 5.74) is 6.39. The minimum absolute atomic E-state index is 0.00706. The van der Waals surface area contributed by atoms with Crippen molar-refractivity contribution in [2.75, 3.05) is 19.6 Å². The van der Waals surface area contributed by atoms with E-state index in [2.05, 4.69) is 5.32 Å². The number of nitrogens with zero attached hydrogens (tertiary/aromatic N) is 1. The number of halogens is 1. The Balaban J connectivity index is 1.58. The molecule has 3 N–H and O–H groups in total. The van der Waals surface area contributed by atoms with Gasteiger partial charge in [0.2, 0.25) is 5.91 Å². The first kappa shape index (κ1) is 19.8. The Morgan fingerprint density at radius 1 is 1.11 bits per heavy atom. The summed E-state index contributed by atoms with van der Waals surface area (Å²) in [7, 11) is 0. The fraction of sp³-hybridized carbons (Fsp3) is 0.619. The SMILES string of the molecule is NCC(NC(=O)C1CCCN(C(=O)c2ccc(F)cc2)C1)C1CCCCC1. The second-order valence-corrected chi connectivity index (χ2v) is 7.85. The molecule has 148 valence electrons. The van der Waals surface area contributed by atoms with E-state index >= 15 is 0 Å². The number of amides is 2. The van der Waals surface area contributed by atoms with Crippen molar-refractivity contribution in [3.63, 3.8) is 0 Å². The molecule has 1 aliphatic carbocycles. The van der Waals surface area contributed by atoms with Gasteiger partial charge in [-0.1, -0.05) is 19.3 Å². The monoisotopic (exact) mass is 375 g/mol. The molecule has 3 rings (SSSR count). The van der Waals surface area contributed by atoms with E-state index < -0.39 is 0 Å². The highest BCUT2D eigenvalue weighted by atomic mass is 19.1. The normalized spacial score (nSPS) is 22.3. The zero-order valence-corrected chi connectivity index (χ0v) is 15.8. The minimum Gasteiger partial charge on any atom is -0.352 e.